The summed E-state index contributed by atoms with van der Waals surface area (Å²) in [6.07, 6.45) is 4.65. The zero-order valence-electron chi connectivity index (χ0n) is 15.1. The first-order chi connectivity index (χ1) is 12.7. The van der Waals surface area contributed by atoms with Gasteiger partial charge in [-0.25, -0.2) is 9.48 Å². The number of aryl methyl sites for hydroxylation is 1. The minimum atomic E-state index is -0.179. The highest BCUT2D eigenvalue weighted by Crippen LogP contribution is 2.14. The molecule has 1 aromatic heterocycles. The maximum absolute atomic E-state index is 12.2. The van der Waals surface area contributed by atoms with Gasteiger partial charge in [-0.1, -0.05) is 43.3 Å². The molecular weight excluding hydrogens is 324 g/mol. The smallest absolute Gasteiger partial charge is 0.315 e. The van der Waals surface area contributed by atoms with Gasteiger partial charge in [0.15, 0.2) is 0 Å². The standard InChI is InChI=1S/C21H24N4O/c1-3-17-8-10-19(11-9-17)16(2)24-21(26)22-15-18-6-4-7-20(14-18)25-13-5-12-23-25/h4-14,16H,3,15H2,1-2H3,(H2,22,24,26). The summed E-state index contributed by atoms with van der Waals surface area (Å²) >= 11 is 0. The molecule has 3 rings (SSSR count). The van der Waals surface area contributed by atoms with Crippen molar-refractivity contribution in [3.05, 3.63) is 83.7 Å². The minimum absolute atomic E-state index is 0.0451. The Morgan fingerprint density at radius 1 is 1.12 bits per heavy atom. The maximum atomic E-state index is 12.2. The third-order valence-corrected chi connectivity index (χ3v) is 4.37. The molecule has 0 bridgehead atoms. The number of carbonyl (C=O) groups is 1. The molecule has 0 aliphatic rings. The van der Waals surface area contributed by atoms with Gasteiger partial charge in [-0.05, 0) is 48.2 Å². The van der Waals surface area contributed by atoms with Crippen LogP contribution in [0.1, 0.15) is 36.6 Å². The summed E-state index contributed by atoms with van der Waals surface area (Å²) in [4.78, 5) is 12.2. The van der Waals surface area contributed by atoms with Crippen LogP contribution < -0.4 is 10.6 Å². The third kappa shape index (κ3) is 4.51. The van der Waals surface area contributed by atoms with E-state index in [9.17, 15) is 4.79 Å². The fraction of sp³-hybridized carbons (Fsp3) is 0.238. The van der Waals surface area contributed by atoms with Crippen molar-refractivity contribution in [2.24, 2.45) is 0 Å². The molecule has 0 spiro atoms. The Labute approximate surface area is 154 Å². The second-order valence-electron chi connectivity index (χ2n) is 6.26. The zero-order chi connectivity index (χ0) is 18.4. The molecule has 3 aromatic rings. The number of nitrogens with zero attached hydrogens (tertiary/aromatic N) is 2. The van der Waals surface area contributed by atoms with Crippen molar-refractivity contribution in [3.63, 3.8) is 0 Å². The largest absolute Gasteiger partial charge is 0.334 e. The normalized spacial score (nSPS) is 11.8. The Morgan fingerprint density at radius 2 is 1.92 bits per heavy atom. The summed E-state index contributed by atoms with van der Waals surface area (Å²) in [5.41, 5.74) is 4.38. The van der Waals surface area contributed by atoms with Crippen LogP contribution in [0.3, 0.4) is 0 Å². The number of hydrogen-bond acceptors (Lipinski definition) is 2. The van der Waals surface area contributed by atoms with E-state index in [1.54, 1.807) is 10.9 Å². The zero-order valence-corrected chi connectivity index (χ0v) is 15.1. The number of benzene rings is 2. The molecule has 0 saturated heterocycles. The van der Waals surface area contributed by atoms with Crippen LogP contribution in [0.4, 0.5) is 4.79 Å². The topological polar surface area (TPSA) is 59.0 Å². The van der Waals surface area contributed by atoms with Crippen molar-refractivity contribution in [3.8, 4) is 5.69 Å². The van der Waals surface area contributed by atoms with E-state index >= 15 is 0 Å². The van der Waals surface area contributed by atoms with Gasteiger partial charge in [0.05, 0.1) is 11.7 Å². The quantitative estimate of drug-likeness (QED) is 0.707. The molecule has 5 heteroatoms. The molecule has 2 amide bonds. The Hall–Kier alpha value is -3.08. The molecule has 1 unspecified atom stereocenters. The number of urea groups is 1. The third-order valence-electron chi connectivity index (χ3n) is 4.37. The fourth-order valence-corrected chi connectivity index (χ4v) is 2.79. The molecule has 134 valence electrons. The Balaban J connectivity index is 1.54. The number of rotatable bonds is 6. The van der Waals surface area contributed by atoms with Crippen LogP contribution in [0.25, 0.3) is 5.69 Å². The highest BCUT2D eigenvalue weighted by molar-refractivity contribution is 5.74. The van der Waals surface area contributed by atoms with Gasteiger partial charge >= 0.3 is 6.03 Å². The molecule has 0 saturated carbocycles. The van der Waals surface area contributed by atoms with Crippen LogP contribution in [0, 0.1) is 0 Å². The predicted molar refractivity (Wildman–Crippen MR) is 103 cm³/mol. The average Bonchev–Trinajstić information content (AvgIpc) is 3.21. The van der Waals surface area contributed by atoms with E-state index in [0.717, 1.165) is 23.2 Å². The maximum Gasteiger partial charge on any atom is 0.315 e. The second kappa shape index (κ2) is 8.34. The lowest BCUT2D eigenvalue weighted by atomic mass is 10.1. The van der Waals surface area contributed by atoms with Crippen LogP contribution in [0.2, 0.25) is 0 Å². The van der Waals surface area contributed by atoms with Gasteiger partial charge in [0.2, 0.25) is 0 Å². The van der Waals surface area contributed by atoms with Crippen molar-refractivity contribution >= 4 is 6.03 Å². The van der Waals surface area contributed by atoms with E-state index in [1.807, 2.05) is 43.5 Å². The highest BCUT2D eigenvalue weighted by atomic mass is 16.2. The molecule has 0 radical (unpaired) electrons. The van der Waals surface area contributed by atoms with E-state index in [4.69, 9.17) is 0 Å². The van der Waals surface area contributed by atoms with Crippen molar-refractivity contribution in [2.45, 2.75) is 32.9 Å². The Morgan fingerprint density at radius 3 is 2.62 bits per heavy atom. The second-order valence-corrected chi connectivity index (χ2v) is 6.26. The number of amides is 2. The number of nitrogens with one attached hydrogen (secondary N) is 2. The summed E-state index contributed by atoms with van der Waals surface area (Å²) in [6, 6.07) is 17.9. The summed E-state index contributed by atoms with van der Waals surface area (Å²) in [5, 5.41) is 10.1. The molecule has 0 aliphatic heterocycles. The van der Waals surface area contributed by atoms with Gasteiger partial charge in [0.25, 0.3) is 0 Å². The van der Waals surface area contributed by atoms with Crippen molar-refractivity contribution < 1.29 is 4.79 Å². The minimum Gasteiger partial charge on any atom is -0.334 e. The average molecular weight is 348 g/mol. The number of aromatic nitrogens is 2. The molecule has 1 atom stereocenters. The van der Waals surface area contributed by atoms with Gasteiger partial charge in [0.1, 0.15) is 0 Å². The summed E-state index contributed by atoms with van der Waals surface area (Å²) < 4.78 is 1.80. The van der Waals surface area contributed by atoms with Crippen LogP contribution in [0.5, 0.6) is 0 Å². The van der Waals surface area contributed by atoms with E-state index < -0.39 is 0 Å². The van der Waals surface area contributed by atoms with Gasteiger partial charge in [-0.3, -0.25) is 0 Å². The number of carbonyl (C=O) groups excluding carboxylic acids is 1. The van der Waals surface area contributed by atoms with E-state index in [1.165, 1.54) is 5.56 Å². The van der Waals surface area contributed by atoms with Crippen LogP contribution >= 0.6 is 0 Å². The van der Waals surface area contributed by atoms with Gasteiger partial charge in [-0.2, -0.15) is 5.10 Å². The molecule has 2 aromatic carbocycles. The van der Waals surface area contributed by atoms with E-state index in [2.05, 4.69) is 46.9 Å². The molecule has 0 aliphatic carbocycles. The summed E-state index contributed by atoms with van der Waals surface area (Å²) in [5.74, 6) is 0. The number of hydrogen-bond donors (Lipinski definition) is 2. The molecular formula is C21H24N4O. The molecule has 1 heterocycles. The first kappa shape index (κ1) is 17.7. The lowest BCUT2D eigenvalue weighted by Crippen LogP contribution is -2.36. The summed E-state index contributed by atoms with van der Waals surface area (Å²) in [7, 11) is 0. The molecule has 5 nitrogen and oxygen atoms in total. The van der Waals surface area contributed by atoms with E-state index in [0.29, 0.717) is 6.54 Å². The van der Waals surface area contributed by atoms with Crippen LogP contribution in [0.15, 0.2) is 67.0 Å². The monoisotopic (exact) mass is 348 g/mol. The Bertz CT molecular complexity index is 841. The van der Waals surface area contributed by atoms with Gasteiger partial charge in [-0.15, -0.1) is 0 Å². The van der Waals surface area contributed by atoms with Crippen LogP contribution in [-0.4, -0.2) is 15.8 Å². The molecule has 0 fully saturated rings. The van der Waals surface area contributed by atoms with Crippen molar-refractivity contribution in [2.75, 3.05) is 0 Å². The van der Waals surface area contributed by atoms with Gasteiger partial charge in [0, 0.05) is 18.9 Å². The highest BCUT2D eigenvalue weighted by Gasteiger charge is 2.09. The lowest BCUT2D eigenvalue weighted by Gasteiger charge is -2.15. The predicted octanol–water partition coefficient (Wildman–Crippen LogP) is 4.00. The molecule has 26 heavy (non-hydrogen) atoms. The van der Waals surface area contributed by atoms with Crippen molar-refractivity contribution in [1.82, 2.24) is 20.4 Å². The first-order valence-electron chi connectivity index (χ1n) is 8.88. The lowest BCUT2D eigenvalue weighted by molar-refractivity contribution is 0.237. The summed E-state index contributed by atoms with van der Waals surface area (Å²) in [6.45, 7) is 4.58. The van der Waals surface area contributed by atoms with Gasteiger partial charge < -0.3 is 10.6 Å². The first-order valence-corrected chi connectivity index (χ1v) is 8.88. The van der Waals surface area contributed by atoms with E-state index in [-0.39, 0.29) is 12.1 Å². The molecule has 2 N–H and O–H groups in total. The Kier molecular flexibility index (Phi) is 5.69. The SMILES string of the molecule is CCc1ccc(C(C)NC(=O)NCc2cccc(-n3cccn3)c2)cc1. The fourth-order valence-electron chi connectivity index (χ4n) is 2.79. The van der Waals surface area contributed by atoms with Crippen molar-refractivity contribution in [1.29, 1.82) is 0 Å². The van der Waals surface area contributed by atoms with Crippen LogP contribution in [-0.2, 0) is 13.0 Å².